The van der Waals surface area contributed by atoms with E-state index in [1.54, 1.807) is 0 Å². The molecule has 0 aliphatic heterocycles. The van der Waals surface area contributed by atoms with Crippen LogP contribution in [-0.2, 0) is 9.53 Å². The number of hydrogen-bond donors (Lipinski definition) is 1. The molecule has 0 unspecified atom stereocenters. The van der Waals surface area contributed by atoms with Crippen molar-refractivity contribution in [3.05, 3.63) is 59.7 Å². The molecule has 0 heterocycles. The summed E-state index contributed by atoms with van der Waals surface area (Å²) in [6, 6.07) is -0.780. The van der Waals surface area contributed by atoms with Crippen molar-refractivity contribution < 1.29 is 164 Å². The molecule has 0 saturated heterocycles. The minimum absolute atomic E-state index is 0.0395. The Hall–Kier alpha value is -4.51. The molecule has 0 bridgehead atoms. The average molecular weight is 1110 g/mol. The monoisotopic (exact) mass is 1110 g/mol. The van der Waals surface area contributed by atoms with Gasteiger partial charge in [-0.3, -0.25) is 4.79 Å². The van der Waals surface area contributed by atoms with Crippen LogP contribution in [0, 0.1) is 0 Å². The quantitative estimate of drug-likeness (QED) is 0.113. The van der Waals surface area contributed by atoms with Crippen molar-refractivity contribution in [2.24, 2.45) is 0 Å². The number of ether oxygens (including phenoxy) is 1. The number of esters is 1. The van der Waals surface area contributed by atoms with E-state index in [0.29, 0.717) is 6.92 Å². The summed E-state index contributed by atoms with van der Waals surface area (Å²) in [5.74, 6) is -126. The fourth-order valence-corrected chi connectivity index (χ4v) is 5.38. The largest absolute Gasteiger partial charge is 0.460 e. The van der Waals surface area contributed by atoms with Gasteiger partial charge in [0.2, 0.25) is 0 Å². The number of benzene rings is 2. The molecule has 0 aliphatic rings. The zero-order valence-corrected chi connectivity index (χ0v) is 32.1. The summed E-state index contributed by atoms with van der Waals surface area (Å²) in [4.78, 5) is 12.1. The Bertz CT molecular complexity index is 2200. The molecule has 2 aromatic rings. The van der Waals surface area contributed by atoms with Crippen LogP contribution in [0.1, 0.15) is 36.7 Å². The number of alkyl halides is 34. The predicted molar refractivity (Wildman–Crippen MR) is 157 cm³/mol. The minimum atomic E-state index is -9.28. The fourth-order valence-electron chi connectivity index (χ4n) is 5.38. The zero-order valence-electron chi connectivity index (χ0n) is 32.1. The van der Waals surface area contributed by atoms with Gasteiger partial charge in [-0.1, -0.05) is 55.5 Å². The summed E-state index contributed by atoms with van der Waals surface area (Å²) in [5, 5.41) is 10.2. The maximum Gasteiger partial charge on any atom is 0.460 e. The van der Waals surface area contributed by atoms with Crippen LogP contribution in [0.25, 0.3) is 11.1 Å². The van der Waals surface area contributed by atoms with Gasteiger partial charge in [-0.05, 0) is 16.7 Å². The molecule has 3 nitrogen and oxygen atoms in total. The SMILES string of the molecule is CCC(=O)O[C@H](c1ccccc1-c1ccccc1[C@@H](O)C(F)(F)C(F)(F)C(F)(F)C(F)(F)C(F)(F)C(F)(F)C(F)(F)C(F)(F)F)C(F)(F)C(F)(F)C(F)(F)C(F)(F)C(F)(F)C(F)(F)C(F)(F)C(F)(F)F. The Kier molecular flexibility index (Phi) is 15.2. The fraction of sp³-hybridized carbons (Fsp3) is 0.606. The van der Waals surface area contributed by atoms with E-state index in [-0.39, 0.29) is 36.4 Å². The van der Waals surface area contributed by atoms with Gasteiger partial charge >= 0.3 is 101 Å². The van der Waals surface area contributed by atoms with Gasteiger partial charge < -0.3 is 9.84 Å². The van der Waals surface area contributed by atoms with E-state index in [1.165, 1.54) is 0 Å². The van der Waals surface area contributed by atoms with Gasteiger partial charge in [0, 0.05) is 12.0 Å². The van der Waals surface area contributed by atoms with Crippen LogP contribution in [0.4, 0.5) is 149 Å². The summed E-state index contributed by atoms with van der Waals surface area (Å²) in [6.45, 7) is 0.403. The third-order valence-electron chi connectivity index (χ3n) is 9.49. The van der Waals surface area contributed by atoms with Gasteiger partial charge in [0.05, 0.1) is 0 Å². The molecule has 2 rings (SSSR count). The lowest BCUT2D eigenvalue weighted by Crippen LogP contribution is -2.74. The third-order valence-corrected chi connectivity index (χ3v) is 9.49. The summed E-state index contributed by atoms with van der Waals surface area (Å²) in [5.41, 5.74) is -9.23. The summed E-state index contributed by atoms with van der Waals surface area (Å²) < 4.78 is 481. The minimum Gasteiger partial charge on any atom is -0.451 e. The highest BCUT2D eigenvalue weighted by atomic mass is 19.4. The Morgan fingerprint density at radius 1 is 0.386 bits per heavy atom. The molecule has 0 amide bonds. The molecule has 404 valence electrons. The molecule has 0 saturated carbocycles. The lowest BCUT2D eigenvalue weighted by molar-refractivity contribution is -0.464. The number of carbonyl (C=O) groups excluding carboxylic acids is 1. The maximum absolute atomic E-state index is 15.8. The van der Waals surface area contributed by atoms with Crippen molar-refractivity contribution >= 4 is 5.97 Å². The first-order valence-corrected chi connectivity index (χ1v) is 16.9. The van der Waals surface area contributed by atoms with E-state index in [4.69, 9.17) is 0 Å². The molecular weight excluding hydrogens is 1090 g/mol. The molecule has 0 radical (unpaired) electrons. The molecule has 2 aromatic carbocycles. The number of aliphatic hydroxyl groups excluding tert-OH is 1. The maximum atomic E-state index is 15.8. The molecule has 0 spiro atoms. The lowest BCUT2D eigenvalue weighted by Gasteiger charge is -2.44. The molecular formula is C33H16F34O3. The van der Waals surface area contributed by atoms with Crippen molar-refractivity contribution in [3.63, 3.8) is 0 Å². The van der Waals surface area contributed by atoms with E-state index in [9.17, 15) is 133 Å². The highest BCUT2D eigenvalue weighted by molar-refractivity contribution is 5.74. The number of aliphatic hydroxyl groups is 1. The number of hydrogen-bond acceptors (Lipinski definition) is 3. The standard InChI is InChI=1S/C33H16F34O3/c1-2-15(68)70-17(19(36,37)21(40,41)23(44,45)25(48,49)27(52,53)29(56,57)31(60,61)33(65,66)67)14-10-6-4-8-12(14)11-7-3-5-9-13(11)16(69)18(34,35)20(38,39)22(42,43)24(46,47)26(50,51)28(54,55)30(58,59)32(62,63)64/h3-10,16-17,69H,2H2,1H3/t16-,17-/m1/s1. The molecule has 0 aliphatic carbocycles. The van der Waals surface area contributed by atoms with Gasteiger partial charge in [0.25, 0.3) is 0 Å². The van der Waals surface area contributed by atoms with E-state index in [0.717, 1.165) is 0 Å². The van der Waals surface area contributed by atoms with Crippen molar-refractivity contribution in [2.45, 2.75) is 121 Å². The topological polar surface area (TPSA) is 46.5 Å². The highest BCUT2D eigenvalue weighted by Gasteiger charge is 2.97. The van der Waals surface area contributed by atoms with Crippen LogP contribution < -0.4 is 0 Å². The highest BCUT2D eigenvalue weighted by Crippen LogP contribution is 2.67. The first-order chi connectivity index (χ1) is 30.5. The molecule has 0 fully saturated rings. The summed E-state index contributed by atoms with van der Waals surface area (Å²) in [7, 11) is 0. The van der Waals surface area contributed by atoms with Gasteiger partial charge in [-0.2, -0.15) is 149 Å². The summed E-state index contributed by atoms with van der Waals surface area (Å²) >= 11 is 0. The van der Waals surface area contributed by atoms with Crippen LogP contribution in [0.2, 0.25) is 0 Å². The second kappa shape index (κ2) is 17.3. The number of carbonyl (C=O) groups is 1. The van der Waals surface area contributed by atoms with E-state index >= 15 is 26.3 Å². The molecule has 0 aromatic heterocycles. The molecule has 2 atom stereocenters. The van der Waals surface area contributed by atoms with Gasteiger partial charge in [0.15, 0.2) is 6.10 Å². The van der Waals surface area contributed by atoms with Crippen LogP contribution >= 0.6 is 0 Å². The van der Waals surface area contributed by atoms with E-state index in [1.807, 2.05) is 0 Å². The van der Waals surface area contributed by atoms with E-state index < -0.39 is 154 Å². The third kappa shape index (κ3) is 8.24. The Morgan fingerprint density at radius 2 is 0.629 bits per heavy atom. The first-order valence-electron chi connectivity index (χ1n) is 16.9. The van der Waals surface area contributed by atoms with Crippen molar-refractivity contribution in [1.29, 1.82) is 0 Å². The Labute approximate surface area is 362 Å². The van der Waals surface area contributed by atoms with Gasteiger partial charge in [0.1, 0.15) is 6.10 Å². The molecule has 37 heteroatoms. The predicted octanol–water partition coefficient (Wildman–Crippen LogP) is 14.4. The van der Waals surface area contributed by atoms with Crippen LogP contribution in [0.3, 0.4) is 0 Å². The van der Waals surface area contributed by atoms with Gasteiger partial charge in [-0.25, -0.2) is 0 Å². The van der Waals surface area contributed by atoms with Crippen molar-refractivity contribution in [1.82, 2.24) is 0 Å². The smallest absolute Gasteiger partial charge is 0.451 e. The van der Waals surface area contributed by atoms with E-state index in [2.05, 4.69) is 4.74 Å². The summed E-state index contributed by atoms with van der Waals surface area (Å²) in [6.07, 6.45) is -28.3. The average Bonchev–Trinajstić information content (AvgIpc) is 3.20. The Morgan fingerprint density at radius 3 is 0.929 bits per heavy atom. The van der Waals surface area contributed by atoms with Gasteiger partial charge in [-0.15, -0.1) is 0 Å². The van der Waals surface area contributed by atoms with Crippen molar-refractivity contribution in [2.75, 3.05) is 0 Å². The Balaban J connectivity index is 3.02. The van der Waals surface area contributed by atoms with Crippen LogP contribution in [0.15, 0.2) is 48.5 Å². The molecule has 70 heavy (non-hydrogen) atoms. The van der Waals surface area contributed by atoms with Crippen molar-refractivity contribution in [3.8, 4) is 11.1 Å². The number of rotatable bonds is 19. The number of halogens is 34. The second-order valence-electron chi connectivity index (χ2n) is 13.9. The van der Waals surface area contributed by atoms with Crippen LogP contribution in [0.5, 0.6) is 0 Å². The zero-order chi connectivity index (χ0) is 56.1. The lowest BCUT2D eigenvalue weighted by atomic mass is 9.82. The molecule has 1 N–H and O–H groups in total. The first kappa shape index (κ1) is 61.6. The second-order valence-corrected chi connectivity index (χ2v) is 13.9. The van der Waals surface area contributed by atoms with Crippen LogP contribution in [-0.4, -0.2) is 106 Å². The normalized spacial score (nSPS) is 16.6.